The lowest BCUT2D eigenvalue weighted by molar-refractivity contribution is -0.126. The van der Waals surface area contributed by atoms with Crippen LogP contribution in [0, 0.1) is 12.8 Å². The second-order valence-corrected chi connectivity index (χ2v) is 5.77. The van der Waals surface area contributed by atoms with Crippen LogP contribution in [0.2, 0.25) is 0 Å². The van der Waals surface area contributed by atoms with Crippen molar-refractivity contribution in [1.29, 1.82) is 0 Å². The van der Waals surface area contributed by atoms with Crippen LogP contribution in [0.25, 0.3) is 0 Å². The molecule has 20 heavy (non-hydrogen) atoms. The summed E-state index contributed by atoms with van der Waals surface area (Å²) in [6, 6.07) is 8.56. The van der Waals surface area contributed by atoms with Crippen LogP contribution < -0.4 is 5.32 Å². The molecule has 1 aromatic carbocycles. The first-order chi connectivity index (χ1) is 9.70. The van der Waals surface area contributed by atoms with E-state index in [2.05, 4.69) is 48.3 Å². The predicted molar refractivity (Wildman–Crippen MR) is 82.5 cm³/mol. The van der Waals surface area contributed by atoms with Gasteiger partial charge in [0.15, 0.2) is 0 Å². The lowest BCUT2D eigenvalue weighted by Crippen LogP contribution is -2.40. The average molecular weight is 274 g/mol. The summed E-state index contributed by atoms with van der Waals surface area (Å²) in [5, 5.41) is 3.02. The van der Waals surface area contributed by atoms with Gasteiger partial charge in [0.1, 0.15) is 0 Å². The van der Waals surface area contributed by atoms with Gasteiger partial charge in [-0.3, -0.25) is 9.69 Å². The van der Waals surface area contributed by atoms with E-state index < -0.39 is 0 Å². The van der Waals surface area contributed by atoms with Crippen LogP contribution in [0.5, 0.6) is 0 Å². The number of hydrogen-bond donors (Lipinski definition) is 1. The smallest absolute Gasteiger partial charge is 0.223 e. The standard InChI is InChI=1S/C17H26N2O/c1-3-10-18-17(20)15-8-11-19(12-9-15)13-16-7-5-4-6-14(16)2/h4-7,15H,3,8-13H2,1-2H3,(H,18,20). The van der Waals surface area contributed by atoms with Gasteiger partial charge >= 0.3 is 0 Å². The number of aryl methyl sites for hydroxylation is 1. The molecule has 0 radical (unpaired) electrons. The van der Waals surface area contributed by atoms with Gasteiger partial charge in [0, 0.05) is 19.0 Å². The Labute approximate surface area is 122 Å². The molecule has 3 nitrogen and oxygen atoms in total. The van der Waals surface area contributed by atoms with Crippen LogP contribution >= 0.6 is 0 Å². The molecule has 1 N–H and O–H groups in total. The third-order valence-electron chi connectivity index (χ3n) is 4.16. The number of likely N-dealkylation sites (tertiary alicyclic amines) is 1. The maximum Gasteiger partial charge on any atom is 0.223 e. The molecule has 0 aromatic heterocycles. The van der Waals surface area contributed by atoms with Crippen LogP contribution in [0.15, 0.2) is 24.3 Å². The number of carbonyl (C=O) groups is 1. The van der Waals surface area contributed by atoms with E-state index in [9.17, 15) is 4.79 Å². The minimum Gasteiger partial charge on any atom is -0.356 e. The molecule has 0 unspecified atom stereocenters. The van der Waals surface area contributed by atoms with E-state index >= 15 is 0 Å². The normalized spacial score (nSPS) is 17.1. The number of hydrogen-bond acceptors (Lipinski definition) is 2. The highest BCUT2D eigenvalue weighted by atomic mass is 16.1. The summed E-state index contributed by atoms with van der Waals surface area (Å²) >= 11 is 0. The van der Waals surface area contributed by atoms with Gasteiger partial charge in [-0.2, -0.15) is 0 Å². The molecule has 110 valence electrons. The molecule has 1 aliphatic rings. The third-order valence-corrected chi connectivity index (χ3v) is 4.16. The molecule has 0 aliphatic carbocycles. The molecule has 2 rings (SSSR count). The monoisotopic (exact) mass is 274 g/mol. The molecule has 0 spiro atoms. The van der Waals surface area contributed by atoms with Crippen molar-refractivity contribution < 1.29 is 4.79 Å². The zero-order valence-electron chi connectivity index (χ0n) is 12.7. The second-order valence-electron chi connectivity index (χ2n) is 5.77. The summed E-state index contributed by atoms with van der Waals surface area (Å²) in [7, 11) is 0. The van der Waals surface area contributed by atoms with Gasteiger partial charge in [0.05, 0.1) is 0 Å². The molecule has 0 atom stereocenters. The number of amides is 1. The highest BCUT2D eigenvalue weighted by molar-refractivity contribution is 5.78. The fourth-order valence-electron chi connectivity index (χ4n) is 2.77. The first-order valence-electron chi connectivity index (χ1n) is 7.75. The molecule has 1 aliphatic heterocycles. The average Bonchev–Trinajstić information content (AvgIpc) is 2.48. The number of rotatable bonds is 5. The summed E-state index contributed by atoms with van der Waals surface area (Å²) in [4.78, 5) is 14.4. The van der Waals surface area contributed by atoms with E-state index in [4.69, 9.17) is 0 Å². The zero-order valence-corrected chi connectivity index (χ0v) is 12.7. The Morgan fingerprint density at radius 3 is 2.65 bits per heavy atom. The first kappa shape index (κ1) is 15.0. The summed E-state index contributed by atoms with van der Waals surface area (Å²) in [5.41, 5.74) is 2.76. The topological polar surface area (TPSA) is 32.3 Å². The van der Waals surface area contributed by atoms with Crippen LogP contribution in [-0.2, 0) is 11.3 Å². The maximum absolute atomic E-state index is 11.9. The van der Waals surface area contributed by atoms with Crippen molar-refractivity contribution in [1.82, 2.24) is 10.2 Å². The Balaban J connectivity index is 1.80. The molecule has 3 heteroatoms. The van der Waals surface area contributed by atoms with Crippen molar-refractivity contribution >= 4 is 5.91 Å². The molecule has 1 amide bonds. The lowest BCUT2D eigenvalue weighted by atomic mass is 9.95. The summed E-state index contributed by atoms with van der Waals surface area (Å²) < 4.78 is 0. The highest BCUT2D eigenvalue weighted by Gasteiger charge is 2.24. The van der Waals surface area contributed by atoms with Crippen molar-refractivity contribution in [3.05, 3.63) is 35.4 Å². The molecule has 1 saturated heterocycles. The summed E-state index contributed by atoms with van der Waals surface area (Å²) in [5.74, 6) is 0.470. The third kappa shape index (κ3) is 4.07. The first-order valence-corrected chi connectivity index (χ1v) is 7.75. The van der Waals surface area contributed by atoms with Crippen LogP contribution in [0.4, 0.5) is 0 Å². The Kier molecular flexibility index (Phi) is 5.60. The number of benzene rings is 1. The minimum atomic E-state index is 0.217. The van der Waals surface area contributed by atoms with E-state index in [1.54, 1.807) is 0 Å². The largest absolute Gasteiger partial charge is 0.356 e. The summed E-state index contributed by atoms with van der Waals surface area (Å²) in [6.45, 7) is 8.13. The zero-order chi connectivity index (χ0) is 14.4. The fraction of sp³-hybridized carbons (Fsp3) is 0.588. The van der Waals surface area contributed by atoms with Crippen molar-refractivity contribution in [3.8, 4) is 0 Å². The van der Waals surface area contributed by atoms with Crippen molar-refractivity contribution in [2.45, 2.75) is 39.7 Å². The van der Waals surface area contributed by atoms with Gasteiger partial charge in [-0.25, -0.2) is 0 Å². The number of nitrogens with one attached hydrogen (secondary N) is 1. The molecular weight excluding hydrogens is 248 g/mol. The van der Waals surface area contributed by atoms with E-state index in [-0.39, 0.29) is 11.8 Å². The molecule has 1 heterocycles. The molecule has 0 bridgehead atoms. The second kappa shape index (κ2) is 7.44. The summed E-state index contributed by atoms with van der Waals surface area (Å²) in [6.07, 6.45) is 2.99. The van der Waals surface area contributed by atoms with Gasteiger partial charge in [0.2, 0.25) is 5.91 Å². The van der Waals surface area contributed by atoms with E-state index in [1.807, 2.05) is 0 Å². The van der Waals surface area contributed by atoms with Crippen molar-refractivity contribution in [2.24, 2.45) is 5.92 Å². The lowest BCUT2D eigenvalue weighted by Gasteiger charge is -2.31. The van der Waals surface area contributed by atoms with Crippen LogP contribution in [0.3, 0.4) is 0 Å². The number of carbonyl (C=O) groups excluding carboxylic acids is 1. The number of nitrogens with zero attached hydrogens (tertiary/aromatic N) is 1. The molecule has 0 saturated carbocycles. The Hall–Kier alpha value is -1.35. The maximum atomic E-state index is 11.9. The highest BCUT2D eigenvalue weighted by Crippen LogP contribution is 2.20. The fourth-order valence-corrected chi connectivity index (χ4v) is 2.77. The van der Waals surface area contributed by atoms with Gasteiger partial charge in [-0.15, -0.1) is 0 Å². The minimum absolute atomic E-state index is 0.217. The molecule has 1 aromatic rings. The Bertz CT molecular complexity index is 436. The van der Waals surface area contributed by atoms with Gasteiger partial charge in [-0.05, 0) is 50.4 Å². The van der Waals surface area contributed by atoms with Gasteiger partial charge < -0.3 is 5.32 Å². The van der Waals surface area contributed by atoms with E-state index in [0.717, 1.165) is 45.4 Å². The quantitative estimate of drug-likeness (QED) is 0.895. The van der Waals surface area contributed by atoms with Gasteiger partial charge in [0.25, 0.3) is 0 Å². The Morgan fingerprint density at radius 2 is 2.00 bits per heavy atom. The van der Waals surface area contributed by atoms with Crippen LogP contribution in [-0.4, -0.2) is 30.4 Å². The number of piperidine rings is 1. The van der Waals surface area contributed by atoms with E-state index in [1.165, 1.54) is 11.1 Å². The molecular formula is C17H26N2O. The predicted octanol–water partition coefficient (Wildman–Crippen LogP) is 2.73. The van der Waals surface area contributed by atoms with Crippen molar-refractivity contribution in [2.75, 3.05) is 19.6 Å². The van der Waals surface area contributed by atoms with E-state index in [0.29, 0.717) is 0 Å². The van der Waals surface area contributed by atoms with Crippen molar-refractivity contribution in [3.63, 3.8) is 0 Å². The van der Waals surface area contributed by atoms with Gasteiger partial charge in [-0.1, -0.05) is 31.2 Å². The van der Waals surface area contributed by atoms with Crippen LogP contribution in [0.1, 0.15) is 37.3 Å². The SMILES string of the molecule is CCCNC(=O)C1CCN(Cc2ccccc2C)CC1. The molecule has 1 fully saturated rings. The Morgan fingerprint density at radius 1 is 1.30 bits per heavy atom.